The lowest BCUT2D eigenvalue weighted by Gasteiger charge is -2.23. The minimum atomic E-state index is -0.380. The Kier molecular flexibility index (Phi) is 3.00. The van der Waals surface area contributed by atoms with E-state index in [-0.39, 0.29) is 10.6 Å². The first kappa shape index (κ1) is 12.2. The molecule has 2 aliphatic rings. The molecule has 2 bridgehead atoms. The molecule has 2 aliphatic carbocycles. The average Bonchev–Trinajstić information content (AvgIpc) is 3.00. The number of pyridine rings is 1. The molecule has 6 nitrogen and oxygen atoms in total. The van der Waals surface area contributed by atoms with Crippen molar-refractivity contribution in [2.75, 3.05) is 17.7 Å². The maximum atomic E-state index is 10.9. The van der Waals surface area contributed by atoms with Crippen LogP contribution in [0.5, 0.6) is 0 Å². The summed E-state index contributed by atoms with van der Waals surface area (Å²) < 4.78 is 0. The number of fused-ring (bicyclic) bond motifs is 2. The number of nitrogens with one attached hydrogen (secondary N) is 2. The van der Waals surface area contributed by atoms with Crippen molar-refractivity contribution in [3.05, 3.63) is 22.2 Å². The molecule has 2 saturated carbocycles. The summed E-state index contributed by atoms with van der Waals surface area (Å²) in [6.07, 6.45) is 5.08. The fourth-order valence-electron chi connectivity index (χ4n) is 3.44. The zero-order valence-corrected chi connectivity index (χ0v) is 10.9. The number of aromatic nitrogens is 1. The van der Waals surface area contributed by atoms with E-state index >= 15 is 0 Å². The first-order chi connectivity index (χ1) is 9.15. The van der Waals surface area contributed by atoms with Gasteiger partial charge in [-0.15, -0.1) is 0 Å². The van der Waals surface area contributed by atoms with Gasteiger partial charge in [0.15, 0.2) is 0 Å². The fraction of sp³-hybridized carbons (Fsp3) is 0.615. The van der Waals surface area contributed by atoms with Gasteiger partial charge in [0.1, 0.15) is 11.6 Å². The highest BCUT2D eigenvalue weighted by atomic mass is 16.6. The quantitative estimate of drug-likeness (QED) is 0.644. The highest BCUT2D eigenvalue weighted by molar-refractivity contribution is 5.55. The fourth-order valence-corrected chi connectivity index (χ4v) is 3.44. The predicted molar refractivity (Wildman–Crippen MR) is 73.3 cm³/mol. The van der Waals surface area contributed by atoms with Crippen LogP contribution in [0, 0.1) is 22.0 Å². The zero-order valence-electron chi connectivity index (χ0n) is 10.9. The van der Waals surface area contributed by atoms with E-state index in [1.54, 1.807) is 7.05 Å². The van der Waals surface area contributed by atoms with Crippen molar-refractivity contribution < 1.29 is 4.92 Å². The smallest absolute Gasteiger partial charge is 0.276 e. The Morgan fingerprint density at radius 3 is 2.68 bits per heavy atom. The molecule has 6 heteroatoms. The average molecular weight is 262 g/mol. The number of anilines is 2. The third kappa shape index (κ3) is 2.34. The molecule has 0 amide bonds. The van der Waals surface area contributed by atoms with Crippen LogP contribution in [0.1, 0.15) is 25.7 Å². The molecule has 0 saturated heterocycles. The monoisotopic (exact) mass is 262 g/mol. The summed E-state index contributed by atoms with van der Waals surface area (Å²) in [6, 6.07) is 3.40. The Bertz CT molecular complexity index is 505. The largest absolute Gasteiger partial charge is 0.373 e. The molecule has 3 rings (SSSR count). The molecular weight excluding hydrogens is 244 g/mol. The van der Waals surface area contributed by atoms with Gasteiger partial charge >= 0.3 is 0 Å². The molecule has 2 N–H and O–H groups in total. The number of hydrogen-bond acceptors (Lipinski definition) is 5. The SMILES string of the molecule is CNc1cc([N+](=O)[O-])cc(NC2CC3CCC2C3)n1. The van der Waals surface area contributed by atoms with E-state index in [9.17, 15) is 10.1 Å². The van der Waals surface area contributed by atoms with Gasteiger partial charge in [0, 0.05) is 13.1 Å². The minimum absolute atomic E-state index is 0.0741. The van der Waals surface area contributed by atoms with Crippen LogP contribution in [0.15, 0.2) is 12.1 Å². The first-order valence-corrected chi connectivity index (χ1v) is 6.76. The lowest BCUT2D eigenvalue weighted by atomic mass is 9.95. The van der Waals surface area contributed by atoms with Gasteiger partial charge in [0.25, 0.3) is 5.69 Å². The van der Waals surface area contributed by atoms with Crippen molar-refractivity contribution in [3.63, 3.8) is 0 Å². The van der Waals surface area contributed by atoms with Crippen LogP contribution in [0.25, 0.3) is 0 Å². The van der Waals surface area contributed by atoms with Crippen LogP contribution in [0.2, 0.25) is 0 Å². The predicted octanol–water partition coefficient (Wildman–Crippen LogP) is 2.63. The van der Waals surface area contributed by atoms with Gasteiger partial charge in [0.2, 0.25) is 0 Å². The summed E-state index contributed by atoms with van der Waals surface area (Å²) in [7, 11) is 1.72. The highest BCUT2D eigenvalue weighted by Gasteiger charge is 2.39. The summed E-state index contributed by atoms with van der Waals surface area (Å²) in [6.45, 7) is 0. The second-order valence-electron chi connectivity index (χ2n) is 5.53. The Balaban J connectivity index is 1.80. The van der Waals surface area contributed by atoms with Gasteiger partial charge in [-0.1, -0.05) is 6.42 Å². The van der Waals surface area contributed by atoms with E-state index in [0.29, 0.717) is 23.6 Å². The van der Waals surface area contributed by atoms with Gasteiger partial charge in [-0.2, -0.15) is 0 Å². The van der Waals surface area contributed by atoms with E-state index in [1.807, 2.05) is 0 Å². The van der Waals surface area contributed by atoms with Gasteiger partial charge in [-0.25, -0.2) is 4.98 Å². The molecule has 1 aromatic rings. The van der Waals surface area contributed by atoms with Crippen molar-refractivity contribution in [3.8, 4) is 0 Å². The Morgan fingerprint density at radius 1 is 1.32 bits per heavy atom. The topological polar surface area (TPSA) is 80.1 Å². The van der Waals surface area contributed by atoms with Gasteiger partial charge in [-0.05, 0) is 31.1 Å². The Morgan fingerprint density at radius 2 is 2.11 bits per heavy atom. The van der Waals surface area contributed by atoms with E-state index < -0.39 is 0 Å². The van der Waals surface area contributed by atoms with Crippen LogP contribution in [0.3, 0.4) is 0 Å². The molecule has 3 unspecified atom stereocenters. The molecule has 0 spiro atoms. The summed E-state index contributed by atoms with van der Waals surface area (Å²) in [5.41, 5.74) is 0.0741. The second-order valence-corrected chi connectivity index (χ2v) is 5.53. The van der Waals surface area contributed by atoms with Gasteiger partial charge < -0.3 is 10.6 Å². The first-order valence-electron chi connectivity index (χ1n) is 6.76. The summed E-state index contributed by atoms with van der Waals surface area (Å²) >= 11 is 0. The van der Waals surface area contributed by atoms with Gasteiger partial charge in [0.05, 0.1) is 17.1 Å². The second kappa shape index (κ2) is 4.68. The lowest BCUT2D eigenvalue weighted by Crippen LogP contribution is -2.26. The standard InChI is InChI=1S/C13H18N4O2/c1-14-12-6-10(17(18)19)7-13(16-12)15-11-5-8-2-3-9(11)4-8/h6-9,11H,2-5H2,1H3,(H2,14,15,16). The lowest BCUT2D eigenvalue weighted by molar-refractivity contribution is -0.384. The number of nitro groups is 1. The van der Waals surface area contributed by atoms with Crippen LogP contribution in [-0.4, -0.2) is 23.0 Å². The molecule has 0 radical (unpaired) electrons. The molecular formula is C13H18N4O2. The molecule has 19 heavy (non-hydrogen) atoms. The third-order valence-corrected chi connectivity index (χ3v) is 4.35. The number of hydrogen-bond donors (Lipinski definition) is 2. The molecule has 102 valence electrons. The van der Waals surface area contributed by atoms with Crippen LogP contribution >= 0.6 is 0 Å². The number of rotatable bonds is 4. The van der Waals surface area contributed by atoms with E-state index in [1.165, 1.54) is 37.8 Å². The minimum Gasteiger partial charge on any atom is -0.373 e. The zero-order chi connectivity index (χ0) is 13.4. The number of nitrogens with zero attached hydrogens (tertiary/aromatic N) is 2. The van der Waals surface area contributed by atoms with Crippen LogP contribution < -0.4 is 10.6 Å². The van der Waals surface area contributed by atoms with E-state index in [0.717, 1.165) is 5.92 Å². The Labute approximate surface area is 111 Å². The van der Waals surface area contributed by atoms with Crippen LogP contribution in [-0.2, 0) is 0 Å². The van der Waals surface area contributed by atoms with Crippen molar-refractivity contribution in [2.45, 2.75) is 31.7 Å². The van der Waals surface area contributed by atoms with Crippen molar-refractivity contribution in [2.24, 2.45) is 11.8 Å². The van der Waals surface area contributed by atoms with Crippen molar-refractivity contribution in [1.82, 2.24) is 4.98 Å². The summed E-state index contributed by atoms with van der Waals surface area (Å²) in [5.74, 6) is 2.69. The van der Waals surface area contributed by atoms with Crippen LogP contribution in [0.4, 0.5) is 17.3 Å². The van der Waals surface area contributed by atoms with Crippen molar-refractivity contribution >= 4 is 17.3 Å². The molecule has 2 fully saturated rings. The normalized spacial score (nSPS) is 28.4. The van der Waals surface area contributed by atoms with Gasteiger partial charge in [-0.3, -0.25) is 10.1 Å². The maximum Gasteiger partial charge on any atom is 0.276 e. The maximum absolute atomic E-state index is 10.9. The van der Waals surface area contributed by atoms with Crippen molar-refractivity contribution in [1.29, 1.82) is 0 Å². The molecule has 1 heterocycles. The molecule has 1 aromatic heterocycles. The molecule has 0 aromatic carbocycles. The third-order valence-electron chi connectivity index (χ3n) is 4.35. The highest BCUT2D eigenvalue weighted by Crippen LogP contribution is 2.45. The molecule has 0 aliphatic heterocycles. The summed E-state index contributed by atoms with van der Waals surface area (Å²) in [4.78, 5) is 14.9. The van der Waals surface area contributed by atoms with E-state index in [2.05, 4.69) is 15.6 Å². The molecule has 3 atom stereocenters. The van der Waals surface area contributed by atoms with E-state index in [4.69, 9.17) is 0 Å². The summed E-state index contributed by atoms with van der Waals surface area (Å²) in [5, 5.41) is 17.2. The Hall–Kier alpha value is -1.85.